The molecule has 0 bridgehead atoms. The molecule has 1 saturated heterocycles. The number of carbonyl (C=O) groups excluding carboxylic acids is 1. The third-order valence-corrected chi connectivity index (χ3v) is 8.83. The van der Waals surface area contributed by atoms with Crippen LogP contribution in [0.5, 0.6) is 0 Å². The van der Waals surface area contributed by atoms with E-state index in [0.717, 1.165) is 68.2 Å². The summed E-state index contributed by atoms with van der Waals surface area (Å²) in [4.78, 5) is 38.5. The topological polar surface area (TPSA) is 110 Å². The molecule has 220 valence electrons. The predicted octanol–water partition coefficient (Wildman–Crippen LogP) is 4.80. The van der Waals surface area contributed by atoms with Crippen LogP contribution in [0.25, 0.3) is 21.8 Å². The van der Waals surface area contributed by atoms with Crippen LogP contribution in [0.3, 0.4) is 0 Å². The van der Waals surface area contributed by atoms with Gasteiger partial charge in [0, 0.05) is 36.1 Å². The Labute approximate surface area is 241 Å². The molecule has 41 heavy (non-hydrogen) atoms. The number of fused-ring (bicyclic) bond motifs is 3. The molecule has 2 aliphatic carbocycles. The van der Waals surface area contributed by atoms with Gasteiger partial charge in [-0.05, 0) is 108 Å². The van der Waals surface area contributed by atoms with E-state index < -0.39 is 5.60 Å². The second kappa shape index (κ2) is 11.3. The number of ether oxygens (including phenoxy) is 1. The second-order valence-corrected chi connectivity index (χ2v) is 13.4. The summed E-state index contributed by atoms with van der Waals surface area (Å²) in [5.74, 6) is 1.10. The Balaban J connectivity index is 1.27. The van der Waals surface area contributed by atoms with Gasteiger partial charge >= 0.3 is 5.97 Å². The highest BCUT2D eigenvalue weighted by atomic mass is 16.6. The smallest absolute Gasteiger partial charge is 0.309 e. The number of pyridine rings is 1. The van der Waals surface area contributed by atoms with Crippen LogP contribution < -0.4 is 10.9 Å². The van der Waals surface area contributed by atoms with Crippen molar-refractivity contribution >= 4 is 33.7 Å². The van der Waals surface area contributed by atoms with E-state index in [0.29, 0.717) is 35.7 Å². The maximum Gasteiger partial charge on any atom is 0.309 e. The number of nitrogens with zero attached hydrogens (tertiary/aromatic N) is 4. The minimum atomic E-state index is -0.465. The van der Waals surface area contributed by atoms with Crippen molar-refractivity contribution in [1.29, 1.82) is 0 Å². The van der Waals surface area contributed by atoms with Gasteiger partial charge in [0.2, 0.25) is 5.95 Å². The predicted molar refractivity (Wildman–Crippen MR) is 160 cm³/mol. The Morgan fingerprint density at radius 1 is 1.02 bits per heavy atom. The number of likely N-dealkylation sites (tertiary alicyclic amines) is 1. The molecule has 2 saturated carbocycles. The number of piperidine rings is 1. The third-order valence-electron chi connectivity index (χ3n) is 8.83. The van der Waals surface area contributed by atoms with Gasteiger partial charge in [-0.3, -0.25) is 19.1 Å². The first kappa shape index (κ1) is 28.1. The van der Waals surface area contributed by atoms with Crippen LogP contribution in [0, 0.1) is 11.8 Å². The van der Waals surface area contributed by atoms with Crippen LogP contribution in [-0.4, -0.2) is 61.9 Å². The summed E-state index contributed by atoms with van der Waals surface area (Å²) in [5.41, 5.74) is 1.27. The lowest BCUT2D eigenvalue weighted by atomic mass is 9.92. The Morgan fingerprint density at radius 2 is 1.76 bits per heavy atom. The van der Waals surface area contributed by atoms with E-state index >= 15 is 0 Å². The summed E-state index contributed by atoms with van der Waals surface area (Å²) < 4.78 is 7.48. The quantitative estimate of drug-likeness (QED) is 0.313. The highest BCUT2D eigenvalue weighted by Gasteiger charge is 2.30. The fourth-order valence-corrected chi connectivity index (χ4v) is 6.34. The lowest BCUT2D eigenvalue weighted by Gasteiger charge is -2.32. The molecular formula is C32H43N5O4. The molecule has 0 atom stereocenters. The summed E-state index contributed by atoms with van der Waals surface area (Å²) in [7, 11) is 0. The van der Waals surface area contributed by atoms with Crippen molar-refractivity contribution in [2.75, 3.05) is 25.0 Å². The number of benzene rings is 1. The van der Waals surface area contributed by atoms with E-state index in [9.17, 15) is 14.7 Å². The highest BCUT2D eigenvalue weighted by Crippen LogP contribution is 2.33. The van der Waals surface area contributed by atoms with E-state index in [-0.39, 0.29) is 29.6 Å². The van der Waals surface area contributed by atoms with Gasteiger partial charge in [0.15, 0.2) is 0 Å². The van der Waals surface area contributed by atoms with Gasteiger partial charge in [-0.1, -0.05) is 12.1 Å². The number of hydrogen-bond donors (Lipinski definition) is 2. The van der Waals surface area contributed by atoms with Crippen molar-refractivity contribution in [3.63, 3.8) is 0 Å². The van der Waals surface area contributed by atoms with Crippen molar-refractivity contribution < 1.29 is 14.6 Å². The molecule has 3 aliphatic rings. The summed E-state index contributed by atoms with van der Waals surface area (Å²) in [5, 5.41) is 15.9. The van der Waals surface area contributed by atoms with E-state index in [1.165, 1.54) is 12.8 Å². The average molecular weight is 562 g/mol. The van der Waals surface area contributed by atoms with E-state index in [2.05, 4.69) is 21.3 Å². The number of anilines is 1. The van der Waals surface area contributed by atoms with Gasteiger partial charge in [-0.2, -0.15) is 4.98 Å². The zero-order valence-corrected chi connectivity index (χ0v) is 24.6. The molecule has 6 rings (SSSR count). The molecule has 2 aromatic heterocycles. The van der Waals surface area contributed by atoms with Crippen LogP contribution in [0.15, 0.2) is 29.2 Å². The number of aromatic nitrogens is 3. The van der Waals surface area contributed by atoms with Crippen LogP contribution in [-0.2, 0) is 16.1 Å². The minimum Gasteiger partial charge on any atom is -0.460 e. The van der Waals surface area contributed by atoms with Gasteiger partial charge < -0.3 is 15.2 Å². The number of aliphatic hydroxyl groups is 1. The molecular weight excluding hydrogens is 518 g/mol. The molecule has 9 heteroatoms. The van der Waals surface area contributed by atoms with Gasteiger partial charge in [0.05, 0.1) is 12.0 Å². The minimum absolute atomic E-state index is 0.000444. The molecule has 3 aromatic rings. The number of esters is 1. The van der Waals surface area contributed by atoms with Crippen molar-refractivity contribution in [3.8, 4) is 0 Å². The Hall–Kier alpha value is -3.04. The number of aliphatic hydroxyl groups excluding tert-OH is 1. The average Bonchev–Trinajstić information content (AvgIpc) is 3.77. The fraction of sp³-hybridized carbons (Fsp3) is 0.625. The molecule has 0 spiro atoms. The van der Waals surface area contributed by atoms with Gasteiger partial charge in [0.1, 0.15) is 11.2 Å². The first-order valence-electron chi connectivity index (χ1n) is 15.4. The lowest BCUT2D eigenvalue weighted by molar-refractivity contribution is -0.161. The van der Waals surface area contributed by atoms with Crippen molar-refractivity contribution in [2.24, 2.45) is 11.8 Å². The summed E-state index contributed by atoms with van der Waals surface area (Å²) >= 11 is 0. The third kappa shape index (κ3) is 6.41. The zero-order valence-electron chi connectivity index (χ0n) is 24.6. The SMILES string of the molecule is CC(C)(C)OC(=O)C1CCN(Cc2ccc3c(c2)c(=O)n([C@H]2CC[C@H](O)CC2)c2nc(NCC4CC4)ncc32)CC1. The van der Waals surface area contributed by atoms with Crippen molar-refractivity contribution in [1.82, 2.24) is 19.4 Å². The molecule has 9 nitrogen and oxygen atoms in total. The fourth-order valence-electron chi connectivity index (χ4n) is 6.34. The van der Waals surface area contributed by atoms with Crippen molar-refractivity contribution in [3.05, 3.63) is 40.3 Å². The van der Waals surface area contributed by atoms with E-state index in [1.807, 2.05) is 43.7 Å². The van der Waals surface area contributed by atoms with Crippen molar-refractivity contribution in [2.45, 2.75) is 96.4 Å². The monoisotopic (exact) mass is 561 g/mol. The molecule has 0 radical (unpaired) electrons. The molecule has 0 unspecified atom stereocenters. The first-order valence-corrected chi connectivity index (χ1v) is 15.4. The van der Waals surface area contributed by atoms with Crippen LogP contribution in [0.1, 0.15) is 83.7 Å². The highest BCUT2D eigenvalue weighted by molar-refractivity contribution is 6.04. The standard InChI is InChI=1S/C32H43N5O4/c1-32(2,3)41-30(40)22-12-14-36(15-13-22)19-21-6-11-25-26(16-21)29(39)37(23-7-9-24(38)10-8-23)28-27(25)18-34-31(35-28)33-17-20-4-5-20/h6,11,16,18,20,22-24,38H,4-5,7-10,12-15,17,19H2,1-3H3,(H,33,34,35)/t23-,24-. The van der Waals surface area contributed by atoms with Crippen LogP contribution in [0.4, 0.5) is 5.95 Å². The Bertz CT molecular complexity index is 1480. The number of nitrogens with one attached hydrogen (secondary N) is 1. The van der Waals surface area contributed by atoms with Gasteiger partial charge in [0.25, 0.3) is 5.56 Å². The molecule has 1 aromatic carbocycles. The van der Waals surface area contributed by atoms with E-state index in [4.69, 9.17) is 9.72 Å². The summed E-state index contributed by atoms with van der Waals surface area (Å²) in [6.07, 6.45) is 8.48. The summed E-state index contributed by atoms with van der Waals surface area (Å²) in [6.45, 7) is 8.95. The molecule has 3 heterocycles. The number of carbonyl (C=O) groups is 1. The number of rotatable bonds is 7. The lowest BCUT2D eigenvalue weighted by Crippen LogP contribution is -2.38. The van der Waals surface area contributed by atoms with Gasteiger partial charge in [-0.25, -0.2) is 4.98 Å². The van der Waals surface area contributed by atoms with Crippen LogP contribution in [0.2, 0.25) is 0 Å². The first-order chi connectivity index (χ1) is 19.6. The van der Waals surface area contributed by atoms with Gasteiger partial charge in [-0.15, -0.1) is 0 Å². The molecule has 0 amide bonds. The Morgan fingerprint density at radius 3 is 2.44 bits per heavy atom. The summed E-state index contributed by atoms with van der Waals surface area (Å²) in [6, 6.07) is 6.17. The largest absolute Gasteiger partial charge is 0.460 e. The zero-order chi connectivity index (χ0) is 28.7. The Kier molecular flexibility index (Phi) is 7.76. The molecule has 1 aliphatic heterocycles. The number of hydrogen-bond acceptors (Lipinski definition) is 8. The maximum absolute atomic E-state index is 14.1. The van der Waals surface area contributed by atoms with E-state index in [1.54, 1.807) is 0 Å². The maximum atomic E-state index is 14.1. The molecule has 3 fully saturated rings. The second-order valence-electron chi connectivity index (χ2n) is 13.4. The normalized spacial score (nSPS) is 22.7. The molecule has 2 N–H and O–H groups in total. The van der Waals surface area contributed by atoms with Crippen LogP contribution >= 0.6 is 0 Å².